The Kier molecular flexibility index (Phi) is 12.4. The Labute approximate surface area is 122 Å². The second kappa shape index (κ2) is 12.5. The highest BCUT2D eigenvalue weighted by atomic mass is 32.3. The van der Waals surface area contributed by atoms with E-state index in [1.807, 2.05) is 0 Å². The molecule has 0 fully saturated rings. The van der Waals surface area contributed by atoms with Crippen LogP contribution in [0.4, 0.5) is 0 Å². The number of hydrogen-bond acceptors (Lipinski definition) is 5. The van der Waals surface area contributed by atoms with Gasteiger partial charge in [0.15, 0.2) is 0 Å². The van der Waals surface area contributed by atoms with Gasteiger partial charge in [-0.25, -0.2) is 4.18 Å². The molecule has 0 aromatic carbocycles. The molecule has 7 heteroatoms. The van der Waals surface area contributed by atoms with Crippen molar-refractivity contribution in [1.82, 2.24) is 0 Å². The van der Waals surface area contributed by atoms with E-state index in [0.717, 1.165) is 12.8 Å². The van der Waals surface area contributed by atoms with Crippen molar-refractivity contribution in [2.75, 3.05) is 19.8 Å². The highest BCUT2D eigenvalue weighted by molar-refractivity contribution is 7.80. The maximum atomic E-state index is 10.3. The summed E-state index contributed by atoms with van der Waals surface area (Å²) in [7, 11) is -4.49. The molecular formula is C13H28O6S. The van der Waals surface area contributed by atoms with Gasteiger partial charge >= 0.3 is 10.4 Å². The molecule has 0 bridgehead atoms. The number of rotatable bonds is 14. The van der Waals surface area contributed by atoms with Crippen LogP contribution in [0.1, 0.15) is 58.3 Å². The lowest BCUT2D eigenvalue weighted by molar-refractivity contribution is 0.0101. The topological polar surface area (TPSA) is 93.1 Å². The molecule has 20 heavy (non-hydrogen) atoms. The number of hydrogen-bond donors (Lipinski definition) is 2. The molecule has 0 heterocycles. The number of ether oxygens (including phenoxy) is 1. The van der Waals surface area contributed by atoms with Crippen molar-refractivity contribution in [3.8, 4) is 0 Å². The molecule has 0 saturated carbocycles. The summed E-state index contributed by atoms with van der Waals surface area (Å²) in [6.45, 7) is 2.26. The molecule has 0 aliphatic heterocycles. The van der Waals surface area contributed by atoms with Crippen molar-refractivity contribution in [3.63, 3.8) is 0 Å². The van der Waals surface area contributed by atoms with Crippen molar-refractivity contribution in [2.24, 2.45) is 0 Å². The summed E-state index contributed by atoms with van der Waals surface area (Å²) in [4.78, 5) is 0. The Balaban J connectivity index is 3.23. The van der Waals surface area contributed by atoms with Crippen molar-refractivity contribution < 1.29 is 27.0 Å². The molecule has 1 unspecified atom stereocenters. The first kappa shape index (κ1) is 19.8. The van der Waals surface area contributed by atoms with Crippen molar-refractivity contribution in [1.29, 1.82) is 0 Å². The molecule has 0 saturated heterocycles. The van der Waals surface area contributed by atoms with Crippen LogP contribution in [-0.4, -0.2) is 44.0 Å². The predicted octanol–water partition coefficient (Wildman–Crippen LogP) is 2.32. The van der Waals surface area contributed by atoms with E-state index in [0.29, 0.717) is 6.61 Å². The monoisotopic (exact) mass is 312 g/mol. The minimum Gasteiger partial charge on any atom is -0.388 e. The summed E-state index contributed by atoms with van der Waals surface area (Å²) < 4.78 is 38.1. The summed E-state index contributed by atoms with van der Waals surface area (Å²) in [5.74, 6) is 0. The van der Waals surface area contributed by atoms with Gasteiger partial charge in [-0.2, -0.15) is 8.42 Å². The van der Waals surface area contributed by atoms with Gasteiger partial charge in [0, 0.05) is 6.61 Å². The average Bonchev–Trinajstić information content (AvgIpc) is 2.38. The summed E-state index contributed by atoms with van der Waals surface area (Å²) in [6, 6.07) is 0. The Bertz CT molecular complexity index is 304. The molecule has 0 rings (SSSR count). The minimum atomic E-state index is -4.49. The average molecular weight is 312 g/mol. The lowest BCUT2D eigenvalue weighted by atomic mass is 10.1. The molecular weight excluding hydrogens is 284 g/mol. The maximum absolute atomic E-state index is 10.3. The number of aliphatic hydroxyl groups is 1. The van der Waals surface area contributed by atoms with Crippen LogP contribution < -0.4 is 0 Å². The molecule has 0 spiro atoms. The van der Waals surface area contributed by atoms with Gasteiger partial charge in [-0.15, -0.1) is 0 Å². The van der Waals surface area contributed by atoms with Crippen molar-refractivity contribution in [2.45, 2.75) is 64.4 Å². The van der Waals surface area contributed by atoms with E-state index in [-0.39, 0.29) is 6.61 Å². The van der Waals surface area contributed by atoms with Crippen LogP contribution in [-0.2, 0) is 19.3 Å². The zero-order chi connectivity index (χ0) is 15.3. The molecule has 2 N–H and O–H groups in total. The smallest absolute Gasteiger partial charge is 0.388 e. The molecule has 0 aliphatic carbocycles. The highest BCUT2D eigenvalue weighted by Gasteiger charge is 2.10. The lowest BCUT2D eigenvalue weighted by Crippen LogP contribution is -2.23. The fourth-order valence-electron chi connectivity index (χ4n) is 1.77. The molecule has 0 aromatic heterocycles. The van der Waals surface area contributed by atoms with Gasteiger partial charge < -0.3 is 9.84 Å². The van der Waals surface area contributed by atoms with Crippen LogP contribution in [0, 0.1) is 0 Å². The Morgan fingerprint density at radius 2 is 1.50 bits per heavy atom. The highest BCUT2D eigenvalue weighted by Crippen LogP contribution is 2.08. The Morgan fingerprint density at radius 3 is 2.05 bits per heavy atom. The first-order chi connectivity index (χ1) is 9.45. The van der Waals surface area contributed by atoms with Gasteiger partial charge in [-0.3, -0.25) is 4.55 Å². The van der Waals surface area contributed by atoms with Crippen LogP contribution in [0.3, 0.4) is 0 Å². The quantitative estimate of drug-likeness (QED) is 0.378. The van der Waals surface area contributed by atoms with Crippen molar-refractivity contribution >= 4 is 10.4 Å². The zero-order valence-corrected chi connectivity index (χ0v) is 13.1. The third-order valence-corrected chi connectivity index (χ3v) is 3.30. The third-order valence-electron chi connectivity index (χ3n) is 2.86. The molecule has 122 valence electrons. The van der Waals surface area contributed by atoms with Gasteiger partial charge in [0.05, 0.1) is 13.2 Å². The van der Waals surface area contributed by atoms with Crippen LogP contribution in [0.2, 0.25) is 0 Å². The first-order valence-electron chi connectivity index (χ1n) is 7.33. The van der Waals surface area contributed by atoms with E-state index in [9.17, 15) is 13.5 Å². The minimum absolute atomic E-state index is 0.00597. The van der Waals surface area contributed by atoms with Crippen LogP contribution in [0.15, 0.2) is 0 Å². The zero-order valence-electron chi connectivity index (χ0n) is 12.3. The van der Waals surface area contributed by atoms with Gasteiger partial charge in [0.25, 0.3) is 0 Å². The second-order valence-electron chi connectivity index (χ2n) is 4.92. The molecule has 0 aromatic rings. The summed E-state index contributed by atoms with van der Waals surface area (Å²) >= 11 is 0. The van der Waals surface area contributed by atoms with E-state index in [2.05, 4.69) is 11.1 Å². The third kappa shape index (κ3) is 15.8. The van der Waals surface area contributed by atoms with E-state index in [1.165, 1.54) is 38.5 Å². The second-order valence-corrected chi connectivity index (χ2v) is 6.01. The Hall–Kier alpha value is -0.210. The fourth-order valence-corrected chi connectivity index (χ4v) is 2.10. The van der Waals surface area contributed by atoms with E-state index < -0.39 is 23.1 Å². The molecule has 6 nitrogen and oxygen atoms in total. The first-order valence-corrected chi connectivity index (χ1v) is 8.70. The SMILES string of the molecule is CCCCCCCCCCOCC(O)COS(=O)(=O)O. The van der Waals surface area contributed by atoms with Gasteiger partial charge in [-0.05, 0) is 6.42 Å². The van der Waals surface area contributed by atoms with Crippen LogP contribution in [0.5, 0.6) is 0 Å². The molecule has 0 aliphatic rings. The number of aliphatic hydroxyl groups excluding tert-OH is 1. The maximum Gasteiger partial charge on any atom is 0.397 e. The van der Waals surface area contributed by atoms with Crippen molar-refractivity contribution in [3.05, 3.63) is 0 Å². The van der Waals surface area contributed by atoms with Gasteiger partial charge in [-0.1, -0.05) is 51.9 Å². The Morgan fingerprint density at radius 1 is 0.950 bits per heavy atom. The molecule has 0 radical (unpaired) electrons. The molecule has 0 amide bonds. The van der Waals surface area contributed by atoms with Crippen LogP contribution in [0.25, 0.3) is 0 Å². The fraction of sp³-hybridized carbons (Fsp3) is 1.00. The standard InChI is InChI=1S/C13H28O6S/c1-2-3-4-5-6-7-8-9-10-18-11-13(14)12-19-20(15,16)17/h13-14H,2-12H2,1H3,(H,15,16,17). The van der Waals surface area contributed by atoms with E-state index >= 15 is 0 Å². The predicted molar refractivity (Wildman–Crippen MR) is 76.9 cm³/mol. The summed E-state index contributed by atoms with van der Waals surface area (Å²) in [6.07, 6.45) is 8.61. The lowest BCUT2D eigenvalue weighted by Gasteiger charge is -2.10. The summed E-state index contributed by atoms with van der Waals surface area (Å²) in [5.41, 5.74) is 0. The van der Waals surface area contributed by atoms with E-state index in [4.69, 9.17) is 9.29 Å². The largest absolute Gasteiger partial charge is 0.397 e. The summed E-state index contributed by atoms with van der Waals surface area (Å²) in [5, 5.41) is 9.31. The van der Waals surface area contributed by atoms with Crippen LogP contribution >= 0.6 is 0 Å². The van der Waals surface area contributed by atoms with E-state index in [1.54, 1.807) is 0 Å². The normalized spacial score (nSPS) is 13.6. The molecule has 1 atom stereocenters. The number of unbranched alkanes of at least 4 members (excludes halogenated alkanes) is 7. The van der Waals surface area contributed by atoms with Gasteiger partial charge in [0.2, 0.25) is 0 Å². The van der Waals surface area contributed by atoms with Gasteiger partial charge in [0.1, 0.15) is 6.10 Å².